The van der Waals surface area contributed by atoms with E-state index in [1.54, 1.807) is 0 Å². The average molecular weight is 445 g/mol. The van der Waals surface area contributed by atoms with E-state index in [9.17, 15) is 26.3 Å². The van der Waals surface area contributed by atoms with Crippen molar-refractivity contribution in [3.63, 3.8) is 0 Å². The average Bonchev–Trinajstić information content (AvgIpc) is 3.11. The minimum Gasteiger partial charge on any atom is -0.293 e. The Morgan fingerprint density at radius 2 is 1.61 bits per heavy atom. The molecule has 0 N–H and O–H groups in total. The normalized spacial score (nSPS) is 13.2. The molecule has 11 heteroatoms. The number of hydrogen-bond donors (Lipinski definition) is 0. The highest BCUT2D eigenvalue weighted by Crippen LogP contribution is 2.38. The van der Waals surface area contributed by atoms with Crippen LogP contribution in [-0.4, -0.2) is 37.0 Å². The van der Waals surface area contributed by atoms with Gasteiger partial charge in [0.2, 0.25) is 0 Å². The van der Waals surface area contributed by atoms with E-state index in [4.69, 9.17) is 0 Å². The van der Waals surface area contributed by atoms with E-state index in [0.29, 0.717) is 24.4 Å². The van der Waals surface area contributed by atoms with E-state index in [1.165, 1.54) is 12.3 Å². The molecule has 3 rings (SSSR count). The summed E-state index contributed by atoms with van der Waals surface area (Å²) in [4.78, 5) is 5.39. The Bertz CT molecular complexity index is 1060. The summed E-state index contributed by atoms with van der Waals surface area (Å²) in [6, 6.07) is 4.15. The summed E-state index contributed by atoms with van der Waals surface area (Å²) in [5.41, 5.74) is -3.17. The molecular formula is C20H21F6N5. The third kappa shape index (κ3) is 4.81. The highest BCUT2D eigenvalue weighted by Gasteiger charge is 2.37. The van der Waals surface area contributed by atoms with Crippen LogP contribution < -0.4 is 0 Å². The van der Waals surface area contributed by atoms with Crippen LogP contribution in [0.1, 0.15) is 44.6 Å². The Labute approximate surface area is 174 Å². The molecule has 0 radical (unpaired) electrons. The molecule has 0 saturated carbocycles. The second kappa shape index (κ2) is 8.10. The van der Waals surface area contributed by atoms with Gasteiger partial charge in [0.1, 0.15) is 5.69 Å². The Morgan fingerprint density at radius 3 is 2.16 bits per heavy atom. The van der Waals surface area contributed by atoms with Crippen molar-refractivity contribution < 1.29 is 26.3 Å². The maximum absolute atomic E-state index is 13.4. The molecule has 168 valence electrons. The fourth-order valence-corrected chi connectivity index (χ4v) is 3.43. The zero-order valence-corrected chi connectivity index (χ0v) is 17.3. The topological polar surface area (TPSA) is 46.8 Å². The number of fused-ring (bicyclic) bond motifs is 1. The van der Waals surface area contributed by atoms with Crippen LogP contribution in [0.3, 0.4) is 0 Å². The van der Waals surface area contributed by atoms with Gasteiger partial charge in [-0.2, -0.15) is 26.3 Å². The van der Waals surface area contributed by atoms with Gasteiger partial charge in [-0.1, -0.05) is 17.3 Å². The van der Waals surface area contributed by atoms with Crippen LogP contribution in [0, 0.1) is 0 Å². The molecule has 0 spiro atoms. The predicted octanol–water partition coefficient (Wildman–Crippen LogP) is 5.47. The number of pyridine rings is 1. The fourth-order valence-electron chi connectivity index (χ4n) is 3.43. The van der Waals surface area contributed by atoms with Crippen molar-refractivity contribution >= 4 is 10.9 Å². The molecule has 0 aliphatic rings. The van der Waals surface area contributed by atoms with Gasteiger partial charge in [-0.05, 0) is 39.8 Å². The highest BCUT2D eigenvalue weighted by molar-refractivity contribution is 5.90. The van der Waals surface area contributed by atoms with Crippen LogP contribution in [0.15, 0.2) is 30.5 Å². The second-order valence-corrected chi connectivity index (χ2v) is 7.74. The van der Waals surface area contributed by atoms with Crippen molar-refractivity contribution in [2.45, 2.75) is 58.7 Å². The first-order chi connectivity index (χ1) is 14.3. The molecule has 0 aliphatic heterocycles. The van der Waals surface area contributed by atoms with Gasteiger partial charge in [-0.25, -0.2) is 9.67 Å². The van der Waals surface area contributed by atoms with E-state index in [-0.39, 0.29) is 23.2 Å². The van der Waals surface area contributed by atoms with Crippen LogP contribution in [0.4, 0.5) is 26.3 Å². The van der Waals surface area contributed by atoms with E-state index in [0.717, 1.165) is 10.7 Å². The van der Waals surface area contributed by atoms with E-state index in [1.807, 2.05) is 27.7 Å². The van der Waals surface area contributed by atoms with Crippen LogP contribution >= 0.6 is 0 Å². The number of alkyl halides is 6. The Hall–Kier alpha value is -2.69. The number of para-hydroxylation sites is 1. The van der Waals surface area contributed by atoms with Gasteiger partial charge in [0.25, 0.3) is 0 Å². The molecule has 1 aromatic carbocycles. The minimum atomic E-state index is -4.93. The first kappa shape index (κ1) is 23.0. The Balaban J connectivity index is 2.17. The van der Waals surface area contributed by atoms with E-state index >= 15 is 0 Å². The quantitative estimate of drug-likeness (QED) is 0.489. The molecule has 2 heterocycles. The summed E-state index contributed by atoms with van der Waals surface area (Å²) in [5, 5.41) is 7.79. The van der Waals surface area contributed by atoms with Crippen LogP contribution in [0.25, 0.3) is 16.6 Å². The molecule has 0 unspecified atom stereocenters. The lowest BCUT2D eigenvalue weighted by Crippen LogP contribution is -2.36. The molecule has 31 heavy (non-hydrogen) atoms. The third-order valence-electron chi connectivity index (χ3n) is 4.87. The number of aromatic nitrogens is 4. The lowest BCUT2D eigenvalue weighted by atomic mass is 10.1. The van der Waals surface area contributed by atoms with Crippen molar-refractivity contribution in [1.82, 2.24) is 24.9 Å². The first-order valence-corrected chi connectivity index (χ1v) is 9.54. The smallest absolute Gasteiger partial charge is 0.293 e. The molecule has 0 aliphatic carbocycles. The minimum absolute atomic E-state index is 0.108. The Kier molecular flexibility index (Phi) is 6.01. The molecular weight excluding hydrogens is 424 g/mol. The number of hydrogen-bond acceptors (Lipinski definition) is 4. The largest absolute Gasteiger partial charge is 0.433 e. The molecule has 0 fully saturated rings. The van der Waals surface area contributed by atoms with E-state index in [2.05, 4.69) is 20.2 Å². The van der Waals surface area contributed by atoms with Crippen molar-refractivity contribution in [3.8, 4) is 5.69 Å². The number of benzene rings is 1. The van der Waals surface area contributed by atoms with E-state index < -0.39 is 29.1 Å². The maximum atomic E-state index is 13.4. The number of halogens is 6. The van der Waals surface area contributed by atoms with Crippen molar-refractivity contribution in [1.29, 1.82) is 0 Å². The monoisotopic (exact) mass is 445 g/mol. The van der Waals surface area contributed by atoms with Crippen molar-refractivity contribution in [2.75, 3.05) is 0 Å². The summed E-state index contributed by atoms with van der Waals surface area (Å²) in [6.45, 7) is 8.37. The maximum Gasteiger partial charge on any atom is 0.433 e. The number of rotatable bonds is 5. The molecule has 0 saturated heterocycles. The summed E-state index contributed by atoms with van der Waals surface area (Å²) in [7, 11) is 0. The summed E-state index contributed by atoms with van der Waals surface area (Å²) in [5.74, 6) is 0. The molecule has 3 aromatic rings. The second-order valence-electron chi connectivity index (χ2n) is 7.74. The van der Waals surface area contributed by atoms with Gasteiger partial charge in [0, 0.05) is 24.0 Å². The lowest BCUT2D eigenvalue weighted by molar-refractivity contribution is -0.142. The highest BCUT2D eigenvalue weighted by atomic mass is 19.4. The van der Waals surface area contributed by atoms with Crippen molar-refractivity contribution in [2.24, 2.45) is 0 Å². The summed E-state index contributed by atoms with van der Waals surface area (Å²) >= 11 is 0. The standard InChI is InChI=1S/C20H21F6N5/c1-11(2)30(12(3)4)9-13-10-31(29-28-13)16-8-17(20(24,25)26)27-18-14(16)6-5-7-15(18)19(21,22)23/h5-8,10-12H,9H2,1-4H3. The SMILES string of the molecule is CC(C)N(Cc1cn(-c2cc(C(F)(F)F)nc3c(C(F)(F)F)cccc23)nn1)C(C)C. The van der Waals surface area contributed by atoms with Crippen LogP contribution in [0.2, 0.25) is 0 Å². The number of nitrogens with zero attached hydrogens (tertiary/aromatic N) is 5. The van der Waals surface area contributed by atoms with Gasteiger partial charge >= 0.3 is 12.4 Å². The molecule has 0 amide bonds. The summed E-state index contributed by atoms with van der Waals surface area (Å²) < 4.78 is 81.5. The fraction of sp³-hybridized carbons (Fsp3) is 0.450. The van der Waals surface area contributed by atoms with Gasteiger partial charge in [-0.15, -0.1) is 5.10 Å². The zero-order chi connectivity index (χ0) is 23.1. The van der Waals surface area contributed by atoms with Crippen LogP contribution in [-0.2, 0) is 18.9 Å². The van der Waals surface area contributed by atoms with Gasteiger partial charge in [0.05, 0.1) is 28.7 Å². The predicted molar refractivity (Wildman–Crippen MR) is 102 cm³/mol. The molecule has 2 aromatic heterocycles. The zero-order valence-electron chi connectivity index (χ0n) is 17.3. The molecule has 5 nitrogen and oxygen atoms in total. The van der Waals surface area contributed by atoms with Gasteiger partial charge in [-0.3, -0.25) is 4.90 Å². The molecule has 0 atom stereocenters. The first-order valence-electron chi connectivity index (χ1n) is 9.54. The lowest BCUT2D eigenvalue weighted by Gasteiger charge is -2.29. The van der Waals surface area contributed by atoms with Gasteiger partial charge in [0.15, 0.2) is 0 Å². The Morgan fingerprint density at radius 1 is 0.968 bits per heavy atom. The van der Waals surface area contributed by atoms with Gasteiger partial charge < -0.3 is 0 Å². The van der Waals surface area contributed by atoms with Crippen LogP contribution in [0.5, 0.6) is 0 Å². The van der Waals surface area contributed by atoms with Crippen molar-refractivity contribution in [3.05, 3.63) is 47.4 Å². The summed E-state index contributed by atoms with van der Waals surface area (Å²) in [6.07, 6.45) is -8.37. The molecule has 0 bridgehead atoms. The third-order valence-corrected chi connectivity index (χ3v) is 4.87.